The van der Waals surface area contributed by atoms with E-state index in [1.807, 2.05) is 6.07 Å². The second kappa shape index (κ2) is 8.83. The molecule has 0 N–H and O–H groups in total. The topological polar surface area (TPSA) is 25.8 Å². The molecule has 0 spiro atoms. The zero-order chi connectivity index (χ0) is 24.8. The van der Waals surface area contributed by atoms with Crippen molar-refractivity contribution in [3.8, 4) is 45.0 Å². The molecule has 0 aliphatic heterocycles. The van der Waals surface area contributed by atoms with E-state index in [1.54, 1.807) is 0 Å². The fraction of sp³-hybridized carbons (Fsp3) is 0.0857. The highest BCUT2D eigenvalue weighted by atomic mass is 14.9. The first kappa shape index (κ1) is 21.7. The van der Waals surface area contributed by atoms with Gasteiger partial charge in [0, 0.05) is 22.3 Å². The van der Waals surface area contributed by atoms with Gasteiger partial charge in [0.15, 0.2) is 5.82 Å². The van der Waals surface area contributed by atoms with Gasteiger partial charge >= 0.3 is 0 Å². The van der Waals surface area contributed by atoms with Crippen molar-refractivity contribution in [2.45, 2.75) is 19.3 Å². The highest BCUT2D eigenvalue weighted by Crippen LogP contribution is 2.44. The van der Waals surface area contributed by atoms with Gasteiger partial charge in [0.2, 0.25) is 0 Å². The maximum Gasteiger partial charge on any atom is 0.160 e. The van der Waals surface area contributed by atoms with Crippen molar-refractivity contribution in [2.24, 2.45) is 0 Å². The molecular formula is C35H26N2. The monoisotopic (exact) mass is 474 g/mol. The van der Waals surface area contributed by atoms with Crippen LogP contribution in [0.1, 0.15) is 24.0 Å². The van der Waals surface area contributed by atoms with E-state index in [0.29, 0.717) is 5.92 Å². The van der Waals surface area contributed by atoms with Gasteiger partial charge in [0.1, 0.15) is 0 Å². The molecule has 0 saturated heterocycles. The van der Waals surface area contributed by atoms with Crippen LogP contribution >= 0.6 is 0 Å². The Kier molecular flexibility index (Phi) is 5.18. The van der Waals surface area contributed by atoms with Crippen LogP contribution in [0.25, 0.3) is 55.8 Å². The van der Waals surface area contributed by atoms with Crippen LogP contribution in [0.3, 0.4) is 0 Å². The van der Waals surface area contributed by atoms with Crippen LogP contribution in [0, 0.1) is 0 Å². The highest BCUT2D eigenvalue weighted by molar-refractivity contribution is 5.91. The zero-order valence-electron chi connectivity index (χ0n) is 20.7. The molecule has 176 valence electrons. The van der Waals surface area contributed by atoms with Crippen molar-refractivity contribution < 1.29 is 0 Å². The molecular weight excluding hydrogens is 448 g/mol. The predicted molar refractivity (Wildman–Crippen MR) is 153 cm³/mol. The number of aromatic nitrogens is 2. The van der Waals surface area contributed by atoms with Crippen LogP contribution in [0.2, 0.25) is 0 Å². The fourth-order valence-corrected chi connectivity index (χ4v) is 5.62. The lowest BCUT2D eigenvalue weighted by Crippen LogP contribution is -2.13. The summed E-state index contributed by atoms with van der Waals surface area (Å²) >= 11 is 0. The van der Waals surface area contributed by atoms with Gasteiger partial charge in [0.25, 0.3) is 0 Å². The molecule has 2 nitrogen and oxygen atoms in total. The van der Waals surface area contributed by atoms with Crippen LogP contribution in [0.4, 0.5) is 0 Å². The molecule has 1 aromatic heterocycles. The average Bonchev–Trinajstić information content (AvgIpc) is 2.97. The first-order chi connectivity index (χ1) is 18.2. The summed E-state index contributed by atoms with van der Waals surface area (Å²) in [5.74, 6) is 1.16. The number of benzene rings is 5. The zero-order valence-corrected chi connectivity index (χ0v) is 20.7. The van der Waals surface area contributed by atoms with Gasteiger partial charge in [-0.25, -0.2) is 9.97 Å². The van der Waals surface area contributed by atoms with E-state index in [4.69, 9.17) is 9.97 Å². The SMILES string of the molecule is CC1Cc2c(-c3ccccc3)nc(-c3cccc(-c4ccccc4)c3)nc2-c2cc3ccccc3cc21. The minimum atomic E-state index is 0.394. The third-order valence-corrected chi connectivity index (χ3v) is 7.50. The van der Waals surface area contributed by atoms with E-state index >= 15 is 0 Å². The molecule has 1 heterocycles. The van der Waals surface area contributed by atoms with Crippen LogP contribution in [-0.4, -0.2) is 9.97 Å². The van der Waals surface area contributed by atoms with Crippen molar-refractivity contribution in [1.82, 2.24) is 9.97 Å². The Morgan fingerprint density at radius 3 is 1.89 bits per heavy atom. The molecule has 7 rings (SSSR count). The summed E-state index contributed by atoms with van der Waals surface area (Å²) in [5, 5.41) is 2.53. The van der Waals surface area contributed by atoms with Crippen LogP contribution in [0.15, 0.2) is 121 Å². The Bertz CT molecular complexity index is 1750. The summed E-state index contributed by atoms with van der Waals surface area (Å²) in [7, 11) is 0. The van der Waals surface area contributed by atoms with E-state index in [1.165, 1.54) is 38.6 Å². The number of rotatable bonds is 3. The molecule has 0 fully saturated rings. The third kappa shape index (κ3) is 3.82. The minimum absolute atomic E-state index is 0.394. The number of hydrogen-bond donors (Lipinski definition) is 0. The molecule has 1 atom stereocenters. The summed E-state index contributed by atoms with van der Waals surface area (Å²) in [4.78, 5) is 10.5. The van der Waals surface area contributed by atoms with Gasteiger partial charge in [-0.1, -0.05) is 116 Å². The molecule has 1 aliphatic carbocycles. The van der Waals surface area contributed by atoms with Gasteiger partial charge in [-0.05, 0) is 51.9 Å². The van der Waals surface area contributed by atoms with Crippen molar-refractivity contribution in [1.29, 1.82) is 0 Å². The van der Waals surface area contributed by atoms with E-state index in [-0.39, 0.29) is 0 Å². The standard InChI is InChI=1S/C35H26N2/c1-23-19-32-33(25-13-6-3-7-14-25)36-35(29-18-10-17-26(20-29)24-11-4-2-5-12-24)37-34(32)31-22-28-16-9-8-15-27(28)21-30(23)31/h2-18,20-23H,19H2,1H3. The van der Waals surface area contributed by atoms with Gasteiger partial charge in [-0.3, -0.25) is 0 Å². The molecule has 0 radical (unpaired) electrons. The quantitative estimate of drug-likeness (QED) is 0.256. The van der Waals surface area contributed by atoms with Crippen molar-refractivity contribution in [3.05, 3.63) is 132 Å². The van der Waals surface area contributed by atoms with Crippen molar-refractivity contribution in [3.63, 3.8) is 0 Å². The molecule has 2 heteroatoms. The highest BCUT2D eigenvalue weighted by Gasteiger charge is 2.28. The van der Waals surface area contributed by atoms with Gasteiger partial charge in [-0.15, -0.1) is 0 Å². The molecule has 37 heavy (non-hydrogen) atoms. The Hall–Kier alpha value is -4.56. The summed E-state index contributed by atoms with van der Waals surface area (Å²) < 4.78 is 0. The lowest BCUT2D eigenvalue weighted by molar-refractivity contribution is 0.743. The summed E-state index contributed by atoms with van der Waals surface area (Å²) in [6.45, 7) is 2.32. The first-order valence-electron chi connectivity index (χ1n) is 12.9. The third-order valence-electron chi connectivity index (χ3n) is 7.50. The molecule has 1 aliphatic rings. The number of nitrogens with zero attached hydrogens (tertiary/aromatic N) is 2. The van der Waals surface area contributed by atoms with Crippen molar-refractivity contribution >= 4 is 10.8 Å². The Balaban J connectivity index is 1.48. The largest absolute Gasteiger partial charge is 0.228 e. The second-order valence-electron chi connectivity index (χ2n) is 9.93. The molecule has 6 aromatic rings. The van der Waals surface area contributed by atoms with E-state index in [0.717, 1.165) is 34.8 Å². The van der Waals surface area contributed by atoms with Crippen LogP contribution < -0.4 is 0 Å². The lowest BCUT2D eigenvalue weighted by atomic mass is 9.79. The van der Waals surface area contributed by atoms with Gasteiger partial charge < -0.3 is 0 Å². The lowest BCUT2D eigenvalue weighted by Gasteiger charge is -2.27. The molecule has 5 aromatic carbocycles. The minimum Gasteiger partial charge on any atom is -0.228 e. The van der Waals surface area contributed by atoms with Crippen LogP contribution in [-0.2, 0) is 6.42 Å². The normalized spacial score (nSPS) is 14.2. The smallest absolute Gasteiger partial charge is 0.160 e. The predicted octanol–water partition coefficient (Wildman–Crippen LogP) is 8.96. The maximum atomic E-state index is 5.28. The second-order valence-corrected chi connectivity index (χ2v) is 9.93. The van der Waals surface area contributed by atoms with E-state index in [2.05, 4.69) is 122 Å². The molecule has 1 unspecified atom stereocenters. The summed E-state index contributed by atoms with van der Waals surface area (Å²) in [5.41, 5.74) is 10.5. The van der Waals surface area contributed by atoms with Gasteiger partial charge in [0.05, 0.1) is 11.4 Å². The Morgan fingerprint density at radius 2 is 1.14 bits per heavy atom. The Labute approximate surface area is 217 Å². The molecule has 0 saturated carbocycles. The van der Waals surface area contributed by atoms with Crippen LogP contribution in [0.5, 0.6) is 0 Å². The number of hydrogen-bond acceptors (Lipinski definition) is 2. The molecule has 0 amide bonds. The van der Waals surface area contributed by atoms with E-state index in [9.17, 15) is 0 Å². The van der Waals surface area contributed by atoms with E-state index < -0.39 is 0 Å². The summed E-state index contributed by atoms with van der Waals surface area (Å²) in [6.07, 6.45) is 0.926. The van der Waals surface area contributed by atoms with Crippen molar-refractivity contribution in [2.75, 3.05) is 0 Å². The number of fused-ring (bicyclic) bond motifs is 4. The Morgan fingerprint density at radius 1 is 0.541 bits per heavy atom. The average molecular weight is 475 g/mol. The summed E-state index contributed by atoms with van der Waals surface area (Å²) in [6, 6.07) is 42.9. The van der Waals surface area contributed by atoms with Gasteiger partial charge in [-0.2, -0.15) is 0 Å². The fourth-order valence-electron chi connectivity index (χ4n) is 5.62. The maximum absolute atomic E-state index is 5.28. The molecule has 0 bridgehead atoms. The first-order valence-corrected chi connectivity index (χ1v) is 12.9.